The van der Waals surface area contributed by atoms with E-state index in [1.807, 2.05) is 11.0 Å². The quantitative estimate of drug-likeness (QED) is 0.686. The van der Waals surface area contributed by atoms with Gasteiger partial charge < -0.3 is 14.4 Å². The highest BCUT2D eigenvalue weighted by Crippen LogP contribution is 2.19. The van der Waals surface area contributed by atoms with Crippen LogP contribution in [0.15, 0.2) is 22.7 Å². The highest BCUT2D eigenvalue weighted by molar-refractivity contribution is 8.22. The van der Waals surface area contributed by atoms with Gasteiger partial charge in [0.1, 0.15) is 4.32 Å². The van der Waals surface area contributed by atoms with Crippen LogP contribution in [0.4, 0.5) is 0 Å². The molecule has 0 bridgehead atoms. The number of rotatable bonds is 6. The standard InChI is InChI=1S/C12H17Cl2NO2S2/c1-2-19-12(18)15(5-3-4-13)9-10(8-14)11-16-6-7-17-11/h3-4,8,11H,2,5-7,9H2,1H3. The number of thiocarbonyl (C=S) groups is 1. The van der Waals surface area contributed by atoms with Gasteiger partial charge in [0, 0.05) is 29.7 Å². The Bertz CT molecular complexity index is 345. The van der Waals surface area contributed by atoms with E-state index in [-0.39, 0.29) is 6.29 Å². The van der Waals surface area contributed by atoms with Gasteiger partial charge in [-0.2, -0.15) is 0 Å². The molecule has 0 aromatic rings. The molecule has 0 radical (unpaired) electrons. The van der Waals surface area contributed by atoms with Crippen molar-refractivity contribution in [3.63, 3.8) is 0 Å². The zero-order valence-electron chi connectivity index (χ0n) is 10.7. The van der Waals surface area contributed by atoms with Gasteiger partial charge >= 0.3 is 0 Å². The molecule has 1 fully saturated rings. The van der Waals surface area contributed by atoms with Crippen molar-refractivity contribution in [3.05, 3.63) is 22.7 Å². The van der Waals surface area contributed by atoms with Gasteiger partial charge in [0.05, 0.1) is 13.2 Å². The Morgan fingerprint density at radius 2 is 2.11 bits per heavy atom. The van der Waals surface area contributed by atoms with Crippen LogP contribution >= 0.6 is 47.2 Å². The lowest BCUT2D eigenvalue weighted by atomic mass is 10.2. The average Bonchev–Trinajstić information content (AvgIpc) is 2.93. The maximum Gasteiger partial charge on any atom is 0.182 e. The van der Waals surface area contributed by atoms with E-state index in [0.29, 0.717) is 26.3 Å². The molecular weight excluding hydrogens is 325 g/mol. The third kappa shape index (κ3) is 6.02. The molecule has 7 heteroatoms. The second-order valence-corrected chi connectivity index (χ2v) is 6.07. The summed E-state index contributed by atoms with van der Waals surface area (Å²) in [4.78, 5) is 2.02. The van der Waals surface area contributed by atoms with E-state index in [2.05, 4.69) is 6.92 Å². The molecule has 0 N–H and O–H groups in total. The Kier molecular flexibility index (Phi) is 9.11. The SMILES string of the molecule is CCSC(=S)N(CC=CCl)CC(=CCl)C1OCCO1. The summed E-state index contributed by atoms with van der Waals surface area (Å²) in [5.41, 5.74) is 3.85. The zero-order valence-corrected chi connectivity index (χ0v) is 13.8. The molecule has 1 saturated heterocycles. The first-order valence-electron chi connectivity index (χ1n) is 5.92. The van der Waals surface area contributed by atoms with Crippen LogP contribution < -0.4 is 0 Å². The summed E-state index contributed by atoms with van der Waals surface area (Å²) in [6, 6.07) is 0. The van der Waals surface area contributed by atoms with Crippen LogP contribution in [0.5, 0.6) is 0 Å². The molecule has 0 aliphatic carbocycles. The van der Waals surface area contributed by atoms with Crippen molar-refractivity contribution in [3.8, 4) is 0 Å². The smallest absolute Gasteiger partial charge is 0.182 e. The molecular formula is C12H17Cl2NO2S2. The minimum absolute atomic E-state index is 0.366. The number of nitrogens with zero attached hydrogens (tertiary/aromatic N) is 1. The molecule has 1 aliphatic heterocycles. The van der Waals surface area contributed by atoms with Crippen LogP contribution in [0.1, 0.15) is 6.92 Å². The molecule has 0 spiro atoms. The summed E-state index contributed by atoms with van der Waals surface area (Å²) in [5, 5.41) is 0. The van der Waals surface area contributed by atoms with Crippen molar-refractivity contribution >= 4 is 51.5 Å². The molecule has 1 aliphatic rings. The molecule has 0 aromatic carbocycles. The van der Waals surface area contributed by atoms with Crippen molar-refractivity contribution < 1.29 is 9.47 Å². The van der Waals surface area contributed by atoms with Crippen molar-refractivity contribution in [1.82, 2.24) is 4.90 Å². The van der Waals surface area contributed by atoms with E-state index in [0.717, 1.165) is 15.6 Å². The molecule has 19 heavy (non-hydrogen) atoms. The number of halogens is 2. The maximum atomic E-state index is 5.86. The summed E-state index contributed by atoms with van der Waals surface area (Å²) in [6.07, 6.45) is 1.47. The molecule has 0 atom stereocenters. The predicted molar refractivity (Wildman–Crippen MR) is 86.9 cm³/mol. The molecule has 0 unspecified atom stereocenters. The van der Waals surface area contributed by atoms with Crippen LogP contribution in [-0.4, -0.2) is 47.6 Å². The van der Waals surface area contributed by atoms with Gasteiger partial charge in [-0.1, -0.05) is 60.2 Å². The van der Waals surface area contributed by atoms with Crippen molar-refractivity contribution in [2.75, 3.05) is 32.1 Å². The van der Waals surface area contributed by atoms with E-state index in [1.165, 1.54) is 11.1 Å². The lowest BCUT2D eigenvalue weighted by Crippen LogP contribution is -2.33. The fourth-order valence-electron chi connectivity index (χ4n) is 1.54. The minimum atomic E-state index is -0.366. The third-order valence-electron chi connectivity index (χ3n) is 2.38. The molecule has 0 saturated carbocycles. The Morgan fingerprint density at radius 1 is 1.42 bits per heavy atom. The summed E-state index contributed by atoms with van der Waals surface area (Å²) in [5.74, 6) is 0.927. The second-order valence-electron chi connectivity index (χ2n) is 3.70. The van der Waals surface area contributed by atoms with E-state index < -0.39 is 0 Å². The van der Waals surface area contributed by atoms with Gasteiger partial charge in [-0.3, -0.25) is 0 Å². The Hall–Kier alpha value is 0.220. The lowest BCUT2D eigenvalue weighted by molar-refractivity contribution is -0.0139. The summed E-state index contributed by atoms with van der Waals surface area (Å²) < 4.78 is 11.7. The predicted octanol–water partition coefficient (Wildman–Crippen LogP) is 3.57. The van der Waals surface area contributed by atoms with Gasteiger partial charge in [-0.15, -0.1) is 0 Å². The molecule has 0 amide bonds. The van der Waals surface area contributed by atoms with E-state index in [4.69, 9.17) is 44.9 Å². The Morgan fingerprint density at radius 3 is 2.63 bits per heavy atom. The fourth-order valence-corrected chi connectivity index (χ4v) is 2.85. The number of thioether (sulfide) groups is 1. The van der Waals surface area contributed by atoms with Gasteiger partial charge in [0.2, 0.25) is 0 Å². The van der Waals surface area contributed by atoms with Gasteiger partial charge in [0.25, 0.3) is 0 Å². The molecule has 108 valence electrons. The lowest BCUT2D eigenvalue weighted by Gasteiger charge is -2.25. The highest BCUT2D eigenvalue weighted by atomic mass is 35.5. The summed E-state index contributed by atoms with van der Waals surface area (Å²) in [6.45, 7) is 4.45. The summed E-state index contributed by atoms with van der Waals surface area (Å²) in [7, 11) is 0. The van der Waals surface area contributed by atoms with Crippen molar-refractivity contribution in [1.29, 1.82) is 0 Å². The largest absolute Gasteiger partial charge is 0.350 e. The molecule has 0 aromatic heterocycles. The average molecular weight is 342 g/mol. The molecule has 3 nitrogen and oxygen atoms in total. The maximum absolute atomic E-state index is 5.86. The Balaban J connectivity index is 2.65. The summed E-state index contributed by atoms with van der Waals surface area (Å²) >= 11 is 18.4. The zero-order chi connectivity index (χ0) is 14.1. The second kappa shape index (κ2) is 10.0. The van der Waals surface area contributed by atoms with Crippen LogP contribution in [0.2, 0.25) is 0 Å². The fraction of sp³-hybridized carbons (Fsp3) is 0.583. The van der Waals surface area contributed by atoms with Crippen LogP contribution in [0.3, 0.4) is 0 Å². The van der Waals surface area contributed by atoms with Gasteiger partial charge in [-0.05, 0) is 5.75 Å². The van der Waals surface area contributed by atoms with Gasteiger partial charge in [0.15, 0.2) is 6.29 Å². The molecule has 1 heterocycles. The van der Waals surface area contributed by atoms with Crippen LogP contribution in [-0.2, 0) is 9.47 Å². The molecule has 1 rings (SSSR count). The van der Waals surface area contributed by atoms with Crippen molar-refractivity contribution in [2.24, 2.45) is 0 Å². The van der Waals surface area contributed by atoms with Gasteiger partial charge in [-0.25, -0.2) is 0 Å². The monoisotopic (exact) mass is 341 g/mol. The normalized spacial score (nSPS) is 17.3. The Labute approximate surface area is 133 Å². The minimum Gasteiger partial charge on any atom is -0.350 e. The number of hydrogen-bond donors (Lipinski definition) is 0. The highest BCUT2D eigenvalue weighted by Gasteiger charge is 2.23. The number of ether oxygens (including phenoxy) is 2. The van der Waals surface area contributed by atoms with E-state index >= 15 is 0 Å². The first-order chi connectivity index (χ1) is 9.22. The number of hydrogen-bond acceptors (Lipinski definition) is 4. The van der Waals surface area contributed by atoms with E-state index in [9.17, 15) is 0 Å². The van der Waals surface area contributed by atoms with E-state index in [1.54, 1.807) is 11.8 Å². The first-order valence-corrected chi connectivity index (χ1v) is 8.18. The van der Waals surface area contributed by atoms with Crippen LogP contribution in [0, 0.1) is 0 Å². The topological polar surface area (TPSA) is 21.7 Å². The third-order valence-corrected chi connectivity index (χ3v) is 4.24. The first kappa shape index (κ1) is 17.3. The van der Waals surface area contributed by atoms with Crippen molar-refractivity contribution in [2.45, 2.75) is 13.2 Å². The van der Waals surface area contributed by atoms with Crippen LogP contribution in [0.25, 0.3) is 0 Å².